The molecule has 1 aromatic rings. The first-order valence-electron chi connectivity index (χ1n) is 2.62. The summed E-state index contributed by atoms with van der Waals surface area (Å²) in [5, 5.41) is 0. The van der Waals surface area contributed by atoms with E-state index in [2.05, 4.69) is 10.9 Å². The van der Waals surface area contributed by atoms with Crippen LogP contribution in [0.4, 0.5) is 10.1 Å². The third-order valence-corrected chi connectivity index (χ3v) is 1.06. The second kappa shape index (κ2) is 2.36. The first kappa shape index (κ1) is 6.56. The van der Waals surface area contributed by atoms with E-state index in [0.29, 0.717) is 0 Å². The molecular formula is C7H5FN2. The number of nitrogens with zero attached hydrogens (tertiary/aromatic N) is 1. The van der Waals surface area contributed by atoms with Gasteiger partial charge in [-0.05, 0) is 12.0 Å². The summed E-state index contributed by atoms with van der Waals surface area (Å²) >= 11 is 0. The van der Waals surface area contributed by atoms with E-state index in [0.717, 1.165) is 0 Å². The highest BCUT2D eigenvalue weighted by Gasteiger charge is 2.02. The molecule has 0 aromatic carbocycles. The number of pyridine rings is 1. The Bertz CT molecular complexity index is 288. The van der Waals surface area contributed by atoms with Crippen molar-refractivity contribution in [2.75, 3.05) is 5.73 Å². The van der Waals surface area contributed by atoms with Crippen molar-refractivity contribution in [2.45, 2.75) is 0 Å². The van der Waals surface area contributed by atoms with Crippen LogP contribution in [0.15, 0.2) is 12.3 Å². The smallest absolute Gasteiger partial charge is 0.180 e. The molecule has 10 heavy (non-hydrogen) atoms. The molecule has 0 saturated heterocycles. The van der Waals surface area contributed by atoms with Gasteiger partial charge in [-0.15, -0.1) is 6.42 Å². The van der Waals surface area contributed by atoms with Gasteiger partial charge in [-0.2, -0.15) is 0 Å². The van der Waals surface area contributed by atoms with Crippen molar-refractivity contribution in [3.63, 3.8) is 0 Å². The minimum absolute atomic E-state index is 0.0305. The van der Waals surface area contributed by atoms with Crippen LogP contribution >= 0.6 is 0 Å². The second-order valence-electron chi connectivity index (χ2n) is 1.71. The number of halogens is 1. The van der Waals surface area contributed by atoms with E-state index in [-0.39, 0.29) is 11.4 Å². The monoisotopic (exact) mass is 136 g/mol. The van der Waals surface area contributed by atoms with Crippen LogP contribution in [-0.4, -0.2) is 4.98 Å². The first-order chi connectivity index (χ1) is 4.75. The summed E-state index contributed by atoms with van der Waals surface area (Å²) in [4.78, 5) is 3.57. The van der Waals surface area contributed by atoms with Crippen molar-refractivity contribution in [2.24, 2.45) is 0 Å². The Morgan fingerprint density at radius 1 is 1.70 bits per heavy atom. The van der Waals surface area contributed by atoms with Crippen molar-refractivity contribution in [3.05, 3.63) is 23.8 Å². The Kier molecular flexibility index (Phi) is 1.55. The number of aromatic nitrogens is 1. The normalized spacial score (nSPS) is 8.80. The van der Waals surface area contributed by atoms with Crippen LogP contribution in [-0.2, 0) is 0 Å². The highest BCUT2D eigenvalue weighted by molar-refractivity contribution is 5.44. The van der Waals surface area contributed by atoms with Crippen LogP contribution in [0.2, 0.25) is 0 Å². The molecule has 1 heterocycles. The van der Waals surface area contributed by atoms with Crippen molar-refractivity contribution < 1.29 is 4.39 Å². The summed E-state index contributed by atoms with van der Waals surface area (Å²) in [5.41, 5.74) is 5.17. The summed E-state index contributed by atoms with van der Waals surface area (Å²) < 4.78 is 12.7. The maximum Gasteiger partial charge on any atom is 0.180 e. The molecule has 2 nitrogen and oxygen atoms in total. The van der Waals surface area contributed by atoms with Gasteiger partial charge < -0.3 is 5.73 Å². The van der Waals surface area contributed by atoms with Gasteiger partial charge in [0.15, 0.2) is 11.5 Å². The summed E-state index contributed by atoms with van der Waals surface area (Å²) in [6.45, 7) is 0. The number of terminal acetylenes is 1. The topological polar surface area (TPSA) is 38.9 Å². The van der Waals surface area contributed by atoms with Gasteiger partial charge in [-0.25, -0.2) is 9.37 Å². The Balaban J connectivity index is 3.31. The van der Waals surface area contributed by atoms with E-state index in [1.165, 1.54) is 12.3 Å². The average molecular weight is 136 g/mol. The maximum absolute atomic E-state index is 12.7. The SMILES string of the molecule is C#Cc1nccc(N)c1F. The van der Waals surface area contributed by atoms with E-state index in [4.69, 9.17) is 12.2 Å². The summed E-state index contributed by atoms with van der Waals surface area (Å²) in [5.74, 6) is 1.45. The molecule has 0 aliphatic rings. The zero-order chi connectivity index (χ0) is 7.56. The highest BCUT2D eigenvalue weighted by atomic mass is 19.1. The molecule has 0 amide bonds. The van der Waals surface area contributed by atoms with Gasteiger partial charge in [-0.1, -0.05) is 0 Å². The van der Waals surface area contributed by atoms with Crippen LogP contribution < -0.4 is 5.73 Å². The third kappa shape index (κ3) is 0.914. The van der Waals surface area contributed by atoms with Crippen molar-refractivity contribution in [1.29, 1.82) is 0 Å². The molecule has 0 aliphatic carbocycles. The molecule has 0 atom stereocenters. The average Bonchev–Trinajstić information content (AvgIpc) is 1.95. The predicted octanol–water partition coefficient (Wildman–Crippen LogP) is 0.784. The number of nitrogen functional groups attached to an aromatic ring is 1. The van der Waals surface area contributed by atoms with Crippen LogP contribution in [0, 0.1) is 18.2 Å². The van der Waals surface area contributed by atoms with Crippen LogP contribution in [0.3, 0.4) is 0 Å². The summed E-state index contributed by atoms with van der Waals surface area (Å²) in [7, 11) is 0. The van der Waals surface area contributed by atoms with E-state index < -0.39 is 5.82 Å². The quantitative estimate of drug-likeness (QED) is 0.535. The first-order valence-corrected chi connectivity index (χ1v) is 2.62. The molecule has 50 valence electrons. The fraction of sp³-hybridized carbons (Fsp3) is 0. The van der Waals surface area contributed by atoms with E-state index >= 15 is 0 Å². The van der Waals surface area contributed by atoms with Gasteiger partial charge in [0.2, 0.25) is 0 Å². The lowest BCUT2D eigenvalue weighted by Crippen LogP contribution is -1.95. The van der Waals surface area contributed by atoms with Gasteiger partial charge in [0.25, 0.3) is 0 Å². The van der Waals surface area contributed by atoms with Crippen LogP contribution in [0.5, 0.6) is 0 Å². The van der Waals surface area contributed by atoms with Crippen LogP contribution in [0.1, 0.15) is 5.69 Å². The van der Waals surface area contributed by atoms with Crippen molar-refractivity contribution in [3.8, 4) is 12.3 Å². The van der Waals surface area contributed by atoms with Crippen molar-refractivity contribution in [1.82, 2.24) is 4.98 Å². The Hall–Kier alpha value is -1.56. The molecule has 0 fully saturated rings. The number of anilines is 1. The zero-order valence-corrected chi connectivity index (χ0v) is 5.13. The molecule has 0 saturated carbocycles. The summed E-state index contributed by atoms with van der Waals surface area (Å²) in [6.07, 6.45) is 6.28. The van der Waals surface area contributed by atoms with E-state index in [1.807, 2.05) is 0 Å². The number of hydrogen-bond donors (Lipinski definition) is 1. The maximum atomic E-state index is 12.7. The van der Waals surface area contributed by atoms with Gasteiger partial charge in [0.05, 0.1) is 5.69 Å². The fourth-order valence-electron chi connectivity index (χ4n) is 0.559. The third-order valence-electron chi connectivity index (χ3n) is 1.06. The number of hydrogen-bond acceptors (Lipinski definition) is 2. The lowest BCUT2D eigenvalue weighted by molar-refractivity contribution is 0.622. The lowest BCUT2D eigenvalue weighted by atomic mass is 10.3. The Labute approximate surface area is 57.9 Å². The van der Waals surface area contributed by atoms with E-state index in [1.54, 1.807) is 0 Å². The van der Waals surface area contributed by atoms with Gasteiger partial charge in [-0.3, -0.25) is 0 Å². The number of rotatable bonds is 0. The minimum atomic E-state index is -0.620. The molecule has 0 unspecified atom stereocenters. The lowest BCUT2D eigenvalue weighted by Gasteiger charge is -1.95. The van der Waals surface area contributed by atoms with Gasteiger partial charge >= 0.3 is 0 Å². The largest absolute Gasteiger partial charge is 0.396 e. The van der Waals surface area contributed by atoms with Crippen molar-refractivity contribution >= 4 is 5.69 Å². The second-order valence-corrected chi connectivity index (χ2v) is 1.71. The molecule has 1 rings (SSSR count). The molecule has 2 N–H and O–H groups in total. The molecule has 0 spiro atoms. The zero-order valence-electron chi connectivity index (χ0n) is 5.13. The van der Waals surface area contributed by atoms with Gasteiger partial charge in [0, 0.05) is 6.20 Å². The minimum Gasteiger partial charge on any atom is -0.396 e. The van der Waals surface area contributed by atoms with E-state index in [9.17, 15) is 4.39 Å². The highest BCUT2D eigenvalue weighted by Crippen LogP contribution is 2.09. The van der Waals surface area contributed by atoms with Crippen LogP contribution in [0.25, 0.3) is 0 Å². The summed E-state index contributed by atoms with van der Waals surface area (Å²) in [6, 6.07) is 1.36. The Morgan fingerprint density at radius 2 is 2.40 bits per heavy atom. The predicted molar refractivity (Wildman–Crippen MR) is 36.5 cm³/mol. The molecule has 0 bridgehead atoms. The Morgan fingerprint density at radius 3 is 2.90 bits per heavy atom. The molecular weight excluding hydrogens is 131 g/mol. The fourth-order valence-corrected chi connectivity index (χ4v) is 0.559. The number of nitrogens with two attached hydrogens (primary N) is 1. The molecule has 0 aliphatic heterocycles. The molecule has 0 radical (unpaired) electrons. The molecule has 3 heteroatoms. The molecule has 1 aromatic heterocycles. The standard InChI is InChI=1S/C7H5FN2/c1-2-6-7(8)5(9)3-4-10-6/h1,3-4H,(H2,9,10). The van der Waals surface area contributed by atoms with Gasteiger partial charge in [0.1, 0.15) is 0 Å².